The molecule has 0 nitrogen and oxygen atoms in total. The third kappa shape index (κ3) is 2.67. The van der Waals surface area contributed by atoms with E-state index in [1.54, 1.807) is 0 Å². The molecular weight excluding hydrogens is 432 g/mol. The molecule has 0 aliphatic heterocycles. The van der Waals surface area contributed by atoms with E-state index in [0.29, 0.717) is 0 Å². The van der Waals surface area contributed by atoms with Gasteiger partial charge in [0.05, 0.1) is 0 Å². The van der Waals surface area contributed by atoms with Crippen LogP contribution in [-0.4, -0.2) is 0 Å². The van der Waals surface area contributed by atoms with E-state index in [1.165, 1.54) is 87.7 Å². The third-order valence-corrected chi connectivity index (χ3v) is 9.18. The summed E-state index contributed by atoms with van der Waals surface area (Å²) < 4.78 is 0. The minimum atomic E-state index is 0.0188. The summed E-state index contributed by atoms with van der Waals surface area (Å²) in [7, 11) is 0. The highest BCUT2D eigenvalue weighted by Gasteiger charge is 2.44. The van der Waals surface area contributed by atoms with Gasteiger partial charge in [0, 0.05) is 15.9 Å². The van der Waals surface area contributed by atoms with Crippen LogP contribution >= 0.6 is 11.6 Å². The molecule has 4 aromatic rings. The Morgan fingerprint density at radius 3 is 2.03 bits per heavy atom. The molecule has 0 heterocycles. The maximum atomic E-state index is 6.51. The second kappa shape index (κ2) is 7.09. The summed E-state index contributed by atoms with van der Waals surface area (Å²) in [6, 6.07) is 29.8. The van der Waals surface area contributed by atoms with Gasteiger partial charge in [-0.05, 0) is 92.7 Å². The van der Waals surface area contributed by atoms with Gasteiger partial charge >= 0.3 is 0 Å². The van der Waals surface area contributed by atoms with Crippen LogP contribution in [0.15, 0.2) is 78.9 Å². The molecular formula is C33H29Cl. The van der Waals surface area contributed by atoms with Crippen LogP contribution in [0.3, 0.4) is 0 Å². The Balaban J connectivity index is 1.39. The topological polar surface area (TPSA) is 0 Å². The molecule has 1 fully saturated rings. The monoisotopic (exact) mass is 460 g/mol. The van der Waals surface area contributed by atoms with Crippen LogP contribution in [0, 0.1) is 0 Å². The fourth-order valence-corrected chi connectivity index (χ4v) is 7.42. The Hall–Kier alpha value is -2.83. The molecule has 1 heteroatoms. The van der Waals surface area contributed by atoms with E-state index in [9.17, 15) is 0 Å². The van der Waals surface area contributed by atoms with Gasteiger partial charge in [-0.15, -0.1) is 0 Å². The van der Waals surface area contributed by atoms with Crippen LogP contribution in [0.1, 0.15) is 68.2 Å². The summed E-state index contributed by atoms with van der Waals surface area (Å²) in [4.78, 5) is 0. The van der Waals surface area contributed by atoms with Gasteiger partial charge in [0.1, 0.15) is 0 Å². The summed E-state index contributed by atoms with van der Waals surface area (Å²) in [5.41, 5.74) is 14.2. The Kier molecular flexibility index (Phi) is 4.28. The van der Waals surface area contributed by atoms with E-state index in [-0.39, 0.29) is 10.8 Å². The molecule has 4 aromatic carbocycles. The van der Waals surface area contributed by atoms with Crippen molar-refractivity contribution < 1.29 is 0 Å². The SMILES string of the molecule is CC1(C)c2ccccc2-c2ccc(-c3ccc4c(c3)-c3cc(Cl)ccc3C43CCCCC3)cc21. The summed E-state index contributed by atoms with van der Waals surface area (Å²) >= 11 is 6.51. The van der Waals surface area contributed by atoms with Crippen LogP contribution in [0.2, 0.25) is 5.02 Å². The van der Waals surface area contributed by atoms with E-state index in [4.69, 9.17) is 11.6 Å². The quantitative estimate of drug-likeness (QED) is 0.265. The number of halogens is 1. The van der Waals surface area contributed by atoms with Gasteiger partial charge in [-0.3, -0.25) is 0 Å². The van der Waals surface area contributed by atoms with Gasteiger partial charge < -0.3 is 0 Å². The van der Waals surface area contributed by atoms with Gasteiger partial charge in [0.15, 0.2) is 0 Å². The van der Waals surface area contributed by atoms with Crippen LogP contribution in [0.5, 0.6) is 0 Å². The average Bonchev–Trinajstić information content (AvgIpc) is 3.25. The van der Waals surface area contributed by atoms with Crippen molar-refractivity contribution in [3.8, 4) is 33.4 Å². The number of hydrogen-bond donors (Lipinski definition) is 0. The third-order valence-electron chi connectivity index (χ3n) is 8.95. The highest BCUT2D eigenvalue weighted by atomic mass is 35.5. The molecule has 0 aromatic heterocycles. The lowest BCUT2D eigenvalue weighted by Crippen LogP contribution is -2.27. The first-order chi connectivity index (χ1) is 16.5. The van der Waals surface area contributed by atoms with Crippen LogP contribution < -0.4 is 0 Å². The molecule has 0 amide bonds. The van der Waals surface area contributed by atoms with Crippen molar-refractivity contribution >= 4 is 11.6 Å². The normalized spacial score (nSPS) is 18.3. The molecule has 0 atom stereocenters. The Morgan fingerprint density at radius 2 is 1.21 bits per heavy atom. The molecule has 0 bridgehead atoms. The van der Waals surface area contributed by atoms with E-state index < -0.39 is 0 Å². The second-order valence-corrected chi connectivity index (χ2v) is 11.5. The molecule has 34 heavy (non-hydrogen) atoms. The molecule has 0 N–H and O–H groups in total. The number of benzene rings is 4. The van der Waals surface area contributed by atoms with Crippen molar-refractivity contribution in [3.05, 3.63) is 106 Å². The smallest absolute Gasteiger partial charge is 0.0412 e. The molecule has 3 aliphatic rings. The minimum Gasteiger partial charge on any atom is -0.0843 e. The first kappa shape index (κ1) is 20.5. The van der Waals surface area contributed by atoms with E-state index >= 15 is 0 Å². The molecule has 7 rings (SSSR count). The summed E-state index contributed by atoms with van der Waals surface area (Å²) in [5, 5.41) is 0.833. The van der Waals surface area contributed by atoms with Crippen molar-refractivity contribution in [1.82, 2.24) is 0 Å². The molecule has 0 saturated heterocycles. The predicted molar refractivity (Wildman–Crippen MR) is 144 cm³/mol. The fourth-order valence-electron chi connectivity index (χ4n) is 7.24. The minimum absolute atomic E-state index is 0.0188. The highest BCUT2D eigenvalue weighted by molar-refractivity contribution is 6.31. The largest absolute Gasteiger partial charge is 0.0843 e. The molecule has 0 radical (unpaired) electrons. The maximum Gasteiger partial charge on any atom is 0.0412 e. The van der Waals surface area contributed by atoms with Crippen molar-refractivity contribution in [2.24, 2.45) is 0 Å². The zero-order valence-electron chi connectivity index (χ0n) is 19.9. The van der Waals surface area contributed by atoms with E-state index in [0.717, 1.165) is 5.02 Å². The first-order valence-electron chi connectivity index (χ1n) is 12.7. The lowest BCUT2D eigenvalue weighted by Gasteiger charge is -2.36. The number of fused-ring (bicyclic) bond motifs is 8. The Labute approximate surface area is 207 Å². The first-order valence-corrected chi connectivity index (χ1v) is 13.1. The molecule has 1 saturated carbocycles. The lowest BCUT2D eigenvalue weighted by atomic mass is 9.68. The molecule has 168 valence electrons. The molecule has 1 spiro atoms. The van der Waals surface area contributed by atoms with E-state index in [2.05, 4.69) is 92.7 Å². The molecule has 3 aliphatic carbocycles. The van der Waals surface area contributed by atoms with Gasteiger partial charge in [-0.1, -0.05) is 99.3 Å². The lowest BCUT2D eigenvalue weighted by molar-refractivity contribution is 0.353. The summed E-state index contributed by atoms with van der Waals surface area (Å²) in [6.45, 7) is 4.71. The van der Waals surface area contributed by atoms with Crippen molar-refractivity contribution in [3.63, 3.8) is 0 Å². The van der Waals surface area contributed by atoms with Gasteiger partial charge in [-0.2, -0.15) is 0 Å². The second-order valence-electron chi connectivity index (χ2n) is 11.0. The summed E-state index contributed by atoms with van der Waals surface area (Å²) in [5.74, 6) is 0. The number of hydrogen-bond acceptors (Lipinski definition) is 0. The van der Waals surface area contributed by atoms with Crippen LogP contribution in [-0.2, 0) is 10.8 Å². The van der Waals surface area contributed by atoms with Gasteiger partial charge in [0.2, 0.25) is 0 Å². The van der Waals surface area contributed by atoms with Crippen LogP contribution in [0.25, 0.3) is 33.4 Å². The Morgan fingerprint density at radius 1 is 0.559 bits per heavy atom. The van der Waals surface area contributed by atoms with Crippen molar-refractivity contribution in [1.29, 1.82) is 0 Å². The zero-order chi connectivity index (χ0) is 23.1. The standard InChI is InChI=1S/C33H29Cl/c1-32(2)28-9-5-4-8-24(28)25-13-10-22(19-31(25)32)21-11-14-29-26(18-21)27-20-23(34)12-15-30(27)33(29)16-6-3-7-17-33/h4-5,8-15,18-20H,3,6-7,16-17H2,1-2H3. The highest BCUT2D eigenvalue weighted by Crippen LogP contribution is 2.57. The summed E-state index contributed by atoms with van der Waals surface area (Å²) in [6.07, 6.45) is 6.47. The average molecular weight is 461 g/mol. The fraction of sp³-hybridized carbons (Fsp3) is 0.273. The van der Waals surface area contributed by atoms with Crippen LogP contribution in [0.4, 0.5) is 0 Å². The molecule has 0 unspecified atom stereocenters. The van der Waals surface area contributed by atoms with Gasteiger partial charge in [-0.25, -0.2) is 0 Å². The zero-order valence-corrected chi connectivity index (χ0v) is 20.7. The predicted octanol–water partition coefficient (Wildman–Crippen LogP) is 9.54. The number of rotatable bonds is 1. The van der Waals surface area contributed by atoms with Gasteiger partial charge in [0.25, 0.3) is 0 Å². The maximum absolute atomic E-state index is 6.51. The van der Waals surface area contributed by atoms with E-state index in [1.807, 2.05) is 0 Å². The Bertz CT molecular complexity index is 1470. The van der Waals surface area contributed by atoms with Crippen molar-refractivity contribution in [2.45, 2.75) is 56.8 Å². The van der Waals surface area contributed by atoms with Crippen molar-refractivity contribution in [2.75, 3.05) is 0 Å².